The van der Waals surface area contributed by atoms with Crippen LogP contribution in [0.3, 0.4) is 0 Å². The molecule has 0 nitrogen and oxygen atoms in total. The first-order valence-corrected chi connectivity index (χ1v) is 8.69. The zero-order chi connectivity index (χ0) is 17.1. The molecule has 25 heavy (non-hydrogen) atoms. The van der Waals surface area contributed by atoms with Crippen LogP contribution in [-0.2, 0) is 0 Å². The highest BCUT2D eigenvalue weighted by atomic mass is 35.5. The van der Waals surface area contributed by atoms with E-state index in [1.54, 1.807) is 0 Å². The van der Waals surface area contributed by atoms with Crippen LogP contribution < -0.4 is 0 Å². The highest BCUT2D eigenvalue weighted by molar-refractivity contribution is 6.30. The summed E-state index contributed by atoms with van der Waals surface area (Å²) < 4.78 is 0. The largest absolute Gasteiger partial charge is 0.0843 e. The lowest BCUT2D eigenvalue weighted by atomic mass is 9.98. The van der Waals surface area contributed by atoms with Crippen molar-refractivity contribution in [1.29, 1.82) is 0 Å². The Balaban J connectivity index is 1.59. The van der Waals surface area contributed by atoms with Crippen LogP contribution in [0, 0.1) is 0 Å². The van der Waals surface area contributed by atoms with E-state index in [9.17, 15) is 0 Å². The third kappa shape index (κ3) is 3.50. The first kappa shape index (κ1) is 15.7. The summed E-state index contributed by atoms with van der Waals surface area (Å²) in [7, 11) is 0. The van der Waals surface area contributed by atoms with Crippen molar-refractivity contribution in [3.63, 3.8) is 0 Å². The van der Waals surface area contributed by atoms with Crippen LogP contribution in [0.5, 0.6) is 0 Å². The summed E-state index contributed by atoms with van der Waals surface area (Å²) in [6.07, 6.45) is 0. The molecule has 0 aromatic heterocycles. The summed E-state index contributed by atoms with van der Waals surface area (Å²) in [5.41, 5.74) is 7.30. The van der Waals surface area contributed by atoms with Gasteiger partial charge < -0.3 is 0 Å². The molecule has 0 fully saturated rings. The van der Waals surface area contributed by atoms with Gasteiger partial charge in [0.1, 0.15) is 0 Å². The van der Waals surface area contributed by atoms with Crippen molar-refractivity contribution < 1.29 is 0 Å². The number of rotatable bonds is 3. The predicted molar refractivity (Wildman–Crippen MR) is 108 cm³/mol. The van der Waals surface area contributed by atoms with Gasteiger partial charge in [-0.15, -0.1) is 0 Å². The van der Waals surface area contributed by atoms with E-state index >= 15 is 0 Å². The maximum Gasteiger partial charge on any atom is 0.0406 e. The Morgan fingerprint density at radius 2 is 0.600 bits per heavy atom. The van der Waals surface area contributed by atoms with Crippen LogP contribution in [-0.4, -0.2) is 0 Å². The molecule has 4 aromatic carbocycles. The average Bonchev–Trinajstić information content (AvgIpc) is 2.70. The van der Waals surface area contributed by atoms with Gasteiger partial charge in [0.15, 0.2) is 0 Å². The first-order valence-electron chi connectivity index (χ1n) is 8.31. The zero-order valence-corrected chi connectivity index (χ0v) is 14.4. The van der Waals surface area contributed by atoms with E-state index < -0.39 is 0 Å². The average molecular weight is 341 g/mol. The lowest BCUT2D eigenvalue weighted by molar-refractivity contribution is 1.57. The molecule has 0 aliphatic heterocycles. The Bertz CT molecular complexity index is 951. The summed E-state index contributed by atoms with van der Waals surface area (Å²) in [6, 6.07) is 35.8. The monoisotopic (exact) mass is 340 g/mol. The van der Waals surface area contributed by atoms with Gasteiger partial charge in [-0.3, -0.25) is 0 Å². The van der Waals surface area contributed by atoms with E-state index in [-0.39, 0.29) is 0 Å². The van der Waals surface area contributed by atoms with Crippen molar-refractivity contribution in [3.8, 4) is 33.4 Å². The second-order valence-electron chi connectivity index (χ2n) is 6.03. The Morgan fingerprint density at radius 3 is 0.960 bits per heavy atom. The smallest absolute Gasteiger partial charge is 0.0406 e. The standard InChI is InChI=1S/C24H17Cl/c25-24-16-14-23(15-17-24)22-12-10-21(11-13-22)20-8-6-19(7-9-20)18-4-2-1-3-5-18/h1-17H. The van der Waals surface area contributed by atoms with Crippen molar-refractivity contribution in [1.82, 2.24) is 0 Å². The third-order valence-electron chi connectivity index (χ3n) is 4.39. The van der Waals surface area contributed by atoms with Crippen molar-refractivity contribution in [2.24, 2.45) is 0 Å². The van der Waals surface area contributed by atoms with Gasteiger partial charge >= 0.3 is 0 Å². The SMILES string of the molecule is Clc1ccc(-c2ccc(-c3ccc(-c4ccccc4)cc3)cc2)cc1. The molecule has 0 amide bonds. The van der Waals surface area contributed by atoms with Crippen LogP contribution in [0.1, 0.15) is 0 Å². The van der Waals surface area contributed by atoms with Gasteiger partial charge in [-0.05, 0) is 45.5 Å². The topological polar surface area (TPSA) is 0 Å². The molecule has 0 bridgehead atoms. The molecular formula is C24H17Cl. The minimum atomic E-state index is 0.763. The number of benzene rings is 4. The highest BCUT2D eigenvalue weighted by Gasteiger charge is 2.02. The van der Waals surface area contributed by atoms with Crippen LogP contribution in [0.2, 0.25) is 5.02 Å². The van der Waals surface area contributed by atoms with Crippen molar-refractivity contribution >= 4 is 11.6 Å². The Kier molecular flexibility index (Phi) is 4.37. The molecule has 0 saturated heterocycles. The van der Waals surface area contributed by atoms with Gasteiger partial charge in [0.25, 0.3) is 0 Å². The third-order valence-corrected chi connectivity index (χ3v) is 4.64. The van der Waals surface area contributed by atoms with Gasteiger partial charge in [0.2, 0.25) is 0 Å². The summed E-state index contributed by atoms with van der Waals surface area (Å²) in [4.78, 5) is 0. The second kappa shape index (κ2) is 6.96. The number of hydrogen-bond acceptors (Lipinski definition) is 0. The quantitative estimate of drug-likeness (QED) is 0.366. The molecule has 4 aromatic rings. The molecule has 0 aliphatic carbocycles. The van der Waals surface area contributed by atoms with E-state index in [1.165, 1.54) is 33.4 Å². The van der Waals surface area contributed by atoms with E-state index in [2.05, 4.69) is 72.8 Å². The summed E-state index contributed by atoms with van der Waals surface area (Å²) in [6.45, 7) is 0. The van der Waals surface area contributed by atoms with Gasteiger partial charge in [-0.25, -0.2) is 0 Å². The van der Waals surface area contributed by atoms with Gasteiger partial charge in [-0.2, -0.15) is 0 Å². The number of hydrogen-bond donors (Lipinski definition) is 0. The van der Waals surface area contributed by atoms with E-state index in [4.69, 9.17) is 11.6 Å². The lowest BCUT2D eigenvalue weighted by Crippen LogP contribution is -1.82. The summed E-state index contributed by atoms with van der Waals surface area (Å²) >= 11 is 5.96. The fraction of sp³-hybridized carbons (Fsp3) is 0. The molecule has 1 heteroatoms. The maximum atomic E-state index is 5.96. The Hall–Kier alpha value is -2.83. The minimum absolute atomic E-state index is 0.763. The van der Waals surface area contributed by atoms with Crippen molar-refractivity contribution in [2.45, 2.75) is 0 Å². The first-order chi connectivity index (χ1) is 12.3. The van der Waals surface area contributed by atoms with Gasteiger partial charge in [0, 0.05) is 5.02 Å². The van der Waals surface area contributed by atoms with Crippen LogP contribution >= 0.6 is 11.6 Å². The molecule has 120 valence electrons. The highest BCUT2D eigenvalue weighted by Crippen LogP contribution is 2.27. The van der Waals surface area contributed by atoms with Crippen LogP contribution in [0.25, 0.3) is 33.4 Å². The molecule has 0 spiro atoms. The molecule has 0 atom stereocenters. The van der Waals surface area contributed by atoms with Crippen LogP contribution in [0.15, 0.2) is 103 Å². The molecule has 0 aliphatic rings. The normalized spacial score (nSPS) is 10.6. The molecule has 0 heterocycles. The Labute approximate surface area is 153 Å². The maximum absolute atomic E-state index is 5.96. The van der Waals surface area contributed by atoms with E-state index in [1.807, 2.05) is 30.3 Å². The lowest BCUT2D eigenvalue weighted by Gasteiger charge is -2.07. The second-order valence-corrected chi connectivity index (χ2v) is 6.46. The van der Waals surface area contributed by atoms with Crippen molar-refractivity contribution in [2.75, 3.05) is 0 Å². The van der Waals surface area contributed by atoms with Crippen molar-refractivity contribution in [3.05, 3.63) is 108 Å². The van der Waals surface area contributed by atoms with Crippen LogP contribution in [0.4, 0.5) is 0 Å². The minimum Gasteiger partial charge on any atom is -0.0843 e. The predicted octanol–water partition coefficient (Wildman–Crippen LogP) is 7.34. The molecule has 0 saturated carbocycles. The number of halogens is 1. The molecule has 4 rings (SSSR count). The summed E-state index contributed by atoms with van der Waals surface area (Å²) in [5, 5.41) is 0.763. The van der Waals surface area contributed by atoms with E-state index in [0.717, 1.165) is 5.02 Å². The molecule has 0 radical (unpaired) electrons. The Morgan fingerprint density at radius 1 is 0.320 bits per heavy atom. The molecule has 0 unspecified atom stereocenters. The fourth-order valence-electron chi connectivity index (χ4n) is 2.98. The summed E-state index contributed by atoms with van der Waals surface area (Å²) in [5.74, 6) is 0. The molecule has 0 N–H and O–H groups in total. The fourth-order valence-corrected chi connectivity index (χ4v) is 3.11. The van der Waals surface area contributed by atoms with Gasteiger partial charge in [-0.1, -0.05) is 103 Å². The zero-order valence-electron chi connectivity index (χ0n) is 13.7. The van der Waals surface area contributed by atoms with E-state index in [0.29, 0.717) is 0 Å². The van der Waals surface area contributed by atoms with Gasteiger partial charge in [0.05, 0.1) is 0 Å². The molecular weight excluding hydrogens is 324 g/mol.